The molecule has 0 spiro atoms. The van der Waals surface area contributed by atoms with Gasteiger partial charge in [0, 0.05) is 15.6 Å². The fourth-order valence-corrected chi connectivity index (χ4v) is 5.95. The van der Waals surface area contributed by atoms with E-state index in [0.717, 1.165) is 17.0 Å². The molecular weight excluding hydrogens is 620 g/mol. The number of aryl methyl sites for hydroxylation is 1. The summed E-state index contributed by atoms with van der Waals surface area (Å²) in [5, 5.41) is 20.9. The van der Waals surface area contributed by atoms with Crippen molar-refractivity contribution < 1.29 is 19.1 Å². The maximum atomic E-state index is 11.7. The van der Waals surface area contributed by atoms with Gasteiger partial charge in [0.25, 0.3) is 0 Å². The summed E-state index contributed by atoms with van der Waals surface area (Å²) in [7, 11) is 0. The Morgan fingerprint density at radius 1 is 1.05 bits per heavy atom. The van der Waals surface area contributed by atoms with Crippen LogP contribution in [0.2, 0.25) is 5.02 Å². The van der Waals surface area contributed by atoms with Crippen LogP contribution in [-0.2, 0) is 6.61 Å². The molecule has 0 amide bonds. The van der Waals surface area contributed by atoms with Gasteiger partial charge in [0.15, 0.2) is 16.7 Å². The fraction of sp³-hybridized carbons (Fsp3) is 0.286. The van der Waals surface area contributed by atoms with E-state index in [2.05, 4.69) is 26.1 Å². The first-order chi connectivity index (χ1) is 19.3. The average Bonchev–Trinajstić information content (AvgIpc) is 3.28. The molecule has 0 aliphatic rings. The Balaban J connectivity index is 1.65. The highest BCUT2D eigenvalue weighted by Gasteiger charge is 2.26. The van der Waals surface area contributed by atoms with E-state index < -0.39 is 5.25 Å². The average molecular weight is 648 g/mol. The van der Waals surface area contributed by atoms with E-state index in [0.29, 0.717) is 50.8 Å². The number of hydrogen-bond acceptors (Lipinski definition) is 8. The van der Waals surface area contributed by atoms with Crippen molar-refractivity contribution in [3.05, 3.63) is 97.2 Å². The predicted octanol–water partition coefficient (Wildman–Crippen LogP) is 7.48. The van der Waals surface area contributed by atoms with Crippen molar-refractivity contribution in [2.24, 2.45) is 0 Å². The molecule has 12 heteroatoms. The molecule has 0 N–H and O–H groups in total. The van der Waals surface area contributed by atoms with Crippen LogP contribution in [0.5, 0.6) is 17.2 Å². The zero-order chi connectivity index (χ0) is 28.6. The fourth-order valence-electron chi connectivity index (χ4n) is 4.01. The molecule has 0 aliphatic carbocycles. The number of nitro groups is 1. The van der Waals surface area contributed by atoms with E-state index in [4.69, 9.17) is 25.8 Å². The Bertz CT molecular complexity index is 1470. The molecule has 0 unspecified atom stereocenters. The highest BCUT2D eigenvalue weighted by molar-refractivity contribution is 9.10. The number of ether oxygens (including phenoxy) is 3. The van der Waals surface area contributed by atoms with Crippen molar-refractivity contribution >= 4 is 39.3 Å². The minimum Gasteiger partial charge on any atom is -0.494 e. The summed E-state index contributed by atoms with van der Waals surface area (Å²) in [5.41, 5.74) is 2.41. The van der Waals surface area contributed by atoms with Crippen LogP contribution in [-0.4, -0.2) is 39.4 Å². The number of rotatable bonds is 13. The van der Waals surface area contributed by atoms with Crippen LogP contribution in [0, 0.1) is 17.0 Å². The van der Waals surface area contributed by atoms with Gasteiger partial charge in [0.2, 0.25) is 6.54 Å². The van der Waals surface area contributed by atoms with E-state index in [9.17, 15) is 10.1 Å². The molecule has 3 aromatic carbocycles. The summed E-state index contributed by atoms with van der Waals surface area (Å²) in [6, 6.07) is 18.6. The van der Waals surface area contributed by atoms with Gasteiger partial charge in [-0.2, -0.15) is 0 Å². The Kier molecular flexibility index (Phi) is 10.3. The summed E-state index contributed by atoms with van der Waals surface area (Å²) in [5.74, 6) is 2.40. The minimum absolute atomic E-state index is 0.274. The third-order valence-electron chi connectivity index (χ3n) is 5.74. The SMILES string of the molecule is CCOc1ccc(-n2c(C)nnc2S[C@@H](C[N+](=O)[O-])c2cc(Br)c(OCc3cccc(Cl)c3)c(OCC)c2)cc1. The highest BCUT2D eigenvalue weighted by atomic mass is 79.9. The molecule has 0 saturated heterocycles. The maximum Gasteiger partial charge on any atom is 0.220 e. The first-order valence-corrected chi connectivity index (χ1v) is 14.6. The van der Waals surface area contributed by atoms with Crippen LogP contribution < -0.4 is 14.2 Å². The Morgan fingerprint density at radius 3 is 2.48 bits per heavy atom. The minimum atomic E-state index is -0.586. The largest absolute Gasteiger partial charge is 0.494 e. The van der Waals surface area contributed by atoms with E-state index in [1.807, 2.05) is 73.9 Å². The second-order valence-electron chi connectivity index (χ2n) is 8.60. The predicted molar refractivity (Wildman–Crippen MR) is 159 cm³/mol. The second-order valence-corrected chi connectivity index (χ2v) is 11.1. The Labute approximate surface area is 250 Å². The molecule has 40 heavy (non-hydrogen) atoms. The monoisotopic (exact) mass is 646 g/mol. The molecule has 210 valence electrons. The van der Waals surface area contributed by atoms with Crippen LogP contribution in [0.25, 0.3) is 5.69 Å². The lowest BCUT2D eigenvalue weighted by molar-refractivity contribution is -0.479. The number of nitrogens with zero attached hydrogens (tertiary/aromatic N) is 4. The van der Waals surface area contributed by atoms with Gasteiger partial charge in [0.1, 0.15) is 23.4 Å². The third kappa shape index (κ3) is 7.47. The summed E-state index contributed by atoms with van der Waals surface area (Å²) in [6.45, 7) is 6.53. The molecule has 1 aromatic heterocycles. The number of aromatic nitrogens is 3. The lowest BCUT2D eigenvalue weighted by Gasteiger charge is -2.19. The van der Waals surface area contributed by atoms with Crippen LogP contribution in [0.1, 0.15) is 36.0 Å². The molecular formula is C28H28BrClN4O5S. The summed E-state index contributed by atoms with van der Waals surface area (Å²) in [6.07, 6.45) is 0. The first-order valence-electron chi connectivity index (χ1n) is 12.6. The number of halogens is 2. The van der Waals surface area contributed by atoms with Crippen molar-refractivity contribution in [1.29, 1.82) is 0 Å². The summed E-state index contributed by atoms with van der Waals surface area (Å²) in [4.78, 5) is 11.4. The molecule has 9 nitrogen and oxygen atoms in total. The van der Waals surface area contributed by atoms with Crippen molar-refractivity contribution in [3.8, 4) is 22.9 Å². The van der Waals surface area contributed by atoms with E-state index in [-0.39, 0.29) is 18.1 Å². The van der Waals surface area contributed by atoms with Crippen LogP contribution in [0.3, 0.4) is 0 Å². The molecule has 0 aliphatic heterocycles. The summed E-state index contributed by atoms with van der Waals surface area (Å²) < 4.78 is 20.0. The van der Waals surface area contributed by atoms with Crippen LogP contribution in [0.15, 0.2) is 70.3 Å². The highest BCUT2D eigenvalue weighted by Crippen LogP contribution is 2.43. The van der Waals surface area contributed by atoms with Crippen LogP contribution in [0.4, 0.5) is 0 Å². The zero-order valence-electron chi connectivity index (χ0n) is 22.2. The lowest BCUT2D eigenvalue weighted by Crippen LogP contribution is -2.12. The normalized spacial score (nSPS) is 11.7. The van der Waals surface area contributed by atoms with Crippen molar-refractivity contribution in [2.45, 2.75) is 37.8 Å². The molecule has 0 saturated carbocycles. The van der Waals surface area contributed by atoms with E-state index >= 15 is 0 Å². The summed E-state index contributed by atoms with van der Waals surface area (Å²) >= 11 is 11.0. The van der Waals surface area contributed by atoms with Crippen LogP contribution >= 0.6 is 39.3 Å². The molecule has 0 radical (unpaired) electrons. The lowest BCUT2D eigenvalue weighted by atomic mass is 10.1. The molecule has 4 rings (SSSR count). The molecule has 4 aromatic rings. The van der Waals surface area contributed by atoms with Gasteiger partial charge in [-0.05, 0) is 96.4 Å². The Morgan fingerprint density at radius 2 is 1.80 bits per heavy atom. The van der Waals surface area contributed by atoms with Crippen molar-refractivity contribution in [2.75, 3.05) is 19.8 Å². The first kappa shape index (κ1) is 29.7. The van der Waals surface area contributed by atoms with Gasteiger partial charge in [-0.3, -0.25) is 14.7 Å². The smallest absolute Gasteiger partial charge is 0.220 e. The number of benzene rings is 3. The second kappa shape index (κ2) is 13.9. The van der Waals surface area contributed by atoms with Gasteiger partial charge >= 0.3 is 0 Å². The molecule has 0 fully saturated rings. The van der Waals surface area contributed by atoms with Gasteiger partial charge in [0.05, 0.1) is 17.7 Å². The van der Waals surface area contributed by atoms with Gasteiger partial charge in [-0.1, -0.05) is 35.5 Å². The van der Waals surface area contributed by atoms with E-state index in [1.54, 1.807) is 12.1 Å². The maximum absolute atomic E-state index is 11.7. The van der Waals surface area contributed by atoms with Crippen molar-refractivity contribution in [1.82, 2.24) is 14.8 Å². The van der Waals surface area contributed by atoms with Crippen molar-refractivity contribution in [3.63, 3.8) is 0 Å². The standard InChI is InChI=1S/C28H28BrClN4O5S/c1-4-37-23-11-9-22(10-12-23)34-18(3)31-32-28(34)40-26(16-33(35)36)20-14-24(29)27(25(15-20)38-5-2)39-17-19-7-6-8-21(30)13-19/h6-15,26H,4-5,16-17H2,1-3H3/t26-/m0/s1. The third-order valence-corrected chi connectivity index (χ3v) is 7.74. The Hall–Kier alpha value is -3.28. The topological polar surface area (TPSA) is 102 Å². The van der Waals surface area contributed by atoms with E-state index in [1.165, 1.54) is 11.8 Å². The molecule has 1 heterocycles. The van der Waals surface area contributed by atoms with Gasteiger partial charge in [-0.15, -0.1) is 10.2 Å². The molecule has 1 atom stereocenters. The number of thioether (sulfide) groups is 1. The van der Waals surface area contributed by atoms with Gasteiger partial charge in [-0.25, -0.2) is 0 Å². The molecule has 0 bridgehead atoms. The zero-order valence-corrected chi connectivity index (χ0v) is 25.3. The quantitative estimate of drug-likeness (QED) is 0.0837. The van der Waals surface area contributed by atoms with Gasteiger partial charge < -0.3 is 14.2 Å². The number of hydrogen-bond donors (Lipinski definition) is 0.